The number of amides is 2. The molecule has 0 aliphatic rings. The van der Waals surface area contributed by atoms with Gasteiger partial charge < -0.3 is 15.0 Å². The largest absolute Gasteiger partial charge is 0.497 e. The highest BCUT2D eigenvalue weighted by Gasteiger charge is 2.26. The molecule has 0 spiro atoms. The minimum atomic E-state index is -3.57. The average molecular weight is 496 g/mol. The Morgan fingerprint density at radius 2 is 1.82 bits per heavy atom. The first kappa shape index (κ1) is 26.5. The van der Waals surface area contributed by atoms with Gasteiger partial charge in [0.1, 0.15) is 11.8 Å². The summed E-state index contributed by atoms with van der Waals surface area (Å²) >= 11 is 6.01. The minimum Gasteiger partial charge on any atom is -0.497 e. The first-order chi connectivity index (χ1) is 15.6. The summed E-state index contributed by atoms with van der Waals surface area (Å²) in [5.41, 5.74) is 1.28. The van der Waals surface area contributed by atoms with Crippen molar-refractivity contribution in [2.75, 3.05) is 31.3 Å². The number of ether oxygens (including phenoxy) is 1. The van der Waals surface area contributed by atoms with E-state index in [1.54, 1.807) is 50.4 Å². The van der Waals surface area contributed by atoms with Gasteiger partial charge in [-0.2, -0.15) is 0 Å². The molecule has 0 radical (unpaired) electrons. The highest BCUT2D eigenvalue weighted by Crippen LogP contribution is 2.23. The van der Waals surface area contributed by atoms with Crippen molar-refractivity contribution in [2.45, 2.75) is 32.4 Å². The number of halogens is 1. The summed E-state index contributed by atoms with van der Waals surface area (Å²) in [5.74, 6) is 0.160. The topological polar surface area (TPSA) is 96.0 Å². The van der Waals surface area contributed by atoms with Crippen LogP contribution in [0.25, 0.3) is 0 Å². The van der Waals surface area contributed by atoms with E-state index in [0.717, 1.165) is 11.8 Å². The Morgan fingerprint density at radius 1 is 1.15 bits per heavy atom. The molecule has 2 amide bonds. The number of benzene rings is 2. The van der Waals surface area contributed by atoms with Crippen LogP contribution < -0.4 is 14.4 Å². The average Bonchev–Trinajstić information content (AvgIpc) is 2.78. The van der Waals surface area contributed by atoms with Gasteiger partial charge in [-0.1, -0.05) is 29.8 Å². The quantitative estimate of drug-likeness (QED) is 0.517. The highest BCUT2D eigenvalue weighted by molar-refractivity contribution is 7.92. The van der Waals surface area contributed by atoms with Crippen molar-refractivity contribution in [3.8, 4) is 5.75 Å². The summed E-state index contributed by atoms with van der Waals surface area (Å²) in [6.45, 7) is 2.01. The van der Waals surface area contributed by atoms with Crippen LogP contribution in [0.3, 0.4) is 0 Å². The molecule has 10 heteroatoms. The lowest BCUT2D eigenvalue weighted by atomic mass is 10.1. The Labute approximate surface area is 200 Å². The molecule has 0 aliphatic carbocycles. The number of nitrogens with one attached hydrogen (secondary N) is 1. The number of sulfonamides is 1. The molecule has 1 atom stereocenters. The lowest BCUT2D eigenvalue weighted by Crippen LogP contribution is -2.46. The third-order valence-corrected chi connectivity index (χ3v) is 6.60. The maximum atomic E-state index is 13.1. The molecule has 1 N–H and O–H groups in total. The normalized spacial score (nSPS) is 12.0. The van der Waals surface area contributed by atoms with Crippen molar-refractivity contribution < 1.29 is 22.7 Å². The number of rotatable bonds is 11. The van der Waals surface area contributed by atoms with E-state index in [0.29, 0.717) is 16.5 Å². The number of hydrogen-bond acceptors (Lipinski definition) is 5. The SMILES string of the molecule is CNC(=O)C(C)N(Cc1ccc(OC)cc1)C(=O)CCCN(c1cccc(Cl)c1)S(C)(=O)=O. The van der Waals surface area contributed by atoms with Gasteiger partial charge in [-0.05, 0) is 49.2 Å². The Morgan fingerprint density at radius 3 is 2.36 bits per heavy atom. The standard InChI is InChI=1S/C23H30ClN3O5S/c1-17(23(29)25-2)26(16-18-10-12-21(32-3)13-11-18)22(28)9-6-14-27(33(4,30)31)20-8-5-7-19(24)15-20/h5,7-8,10-13,15,17H,6,9,14,16H2,1-4H3,(H,25,29). The number of methoxy groups -OCH3 is 1. The van der Waals surface area contributed by atoms with Crippen LogP contribution in [0, 0.1) is 0 Å². The molecular weight excluding hydrogens is 466 g/mol. The summed E-state index contributed by atoms with van der Waals surface area (Å²) in [4.78, 5) is 26.8. The maximum absolute atomic E-state index is 13.1. The Balaban J connectivity index is 2.14. The van der Waals surface area contributed by atoms with Gasteiger partial charge in [0.25, 0.3) is 0 Å². The second kappa shape index (κ2) is 11.9. The number of likely N-dealkylation sites (N-methyl/N-ethyl adjacent to an activating group) is 1. The number of nitrogens with zero attached hydrogens (tertiary/aromatic N) is 2. The molecule has 0 fully saturated rings. The lowest BCUT2D eigenvalue weighted by Gasteiger charge is -2.29. The second-order valence-electron chi connectivity index (χ2n) is 7.58. The summed E-state index contributed by atoms with van der Waals surface area (Å²) in [6, 6.07) is 13.1. The van der Waals surface area contributed by atoms with Gasteiger partial charge in [0.05, 0.1) is 19.1 Å². The lowest BCUT2D eigenvalue weighted by molar-refractivity contribution is -0.140. The molecule has 2 aromatic rings. The van der Waals surface area contributed by atoms with Crippen LogP contribution in [0.5, 0.6) is 5.75 Å². The first-order valence-corrected chi connectivity index (χ1v) is 12.7. The van der Waals surface area contributed by atoms with Crippen molar-refractivity contribution in [3.05, 3.63) is 59.1 Å². The number of anilines is 1. The minimum absolute atomic E-state index is 0.0735. The summed E-state index contributed by atoms with van der Waals surface area (Å²) in [7, 11) is -0.479. The van der Waals surface area contributed by atoms with Gasteiger partial charge >= 0.3 is 0 Å². The molecule has 0 aromatic heterocycles. The third-order valence-electron chi connectivity index (χ3n) is 5.17. The summed E-state index contributed by atoms with van der Waals surface area (Å²) in [5, 5.41) is 2.99. The van der Waals surface area contributed by atoms with Gasteiger partial charge in [-0.25, -0.2) is 8.42 Å². The van der Waals surface area contributed by atoms with Gasteiger partial charge in [0.15, 0.2) is 0 Å². The predicted octanol–water partition coefficient (Wildman–Crippen LogP) is 3.06. The molecule has 0 saturated heterocycles. The van der Waals surface area contributed by atoms with Crippen LogP contribution in [-0.4, -0.2) is 58.1 Å². The first-order valence-electron chi connectivity index (χ1n) is 10.4. The van der Waals surface area contributed by atoms with Crippen molar-refractivity contribution in [1.29, 1.82) is 0 Å². The van der Waals surface area contributed by atoms with E-state index in [-0.39, 0.29) is 37.7 Å². The number of carbonyl (C=O) groups is 2. The molecule has 2 aromatic carbocycles. The molecular formula is C23H30ClN3O5S. The monoisotopic (exact) mass is 495 g/mol. The van der Waals surface area contributed by atoms with Gasteiger partial charge in [-0.15, -0.1) is 0 Å². The summed E-state index contributed by atoms with van der Waals surface area (Å²) < 4.78 is 31.0. The summed E-state index contributed by atoms with van der Waals surface area (Å²) in [6.07, 6.45) is 1.46. The van der Waals surface area contributed by atoms with Crippen molar-refractivity contribution in [3.63, 3.8) is 0 Å². The fourth-order valence-corrected chi connectivity index (χ4v) is 4.50. The van der Waals surface area contributed by atoms with Crippen LogP contribution in [0.15, 0.2) is 48.5 Å². The van der Waals surface area contributed by atoms with Crippen LogP contribution >= 0.6 is 11.6 Å². The van der Waals surface area contributed by atoms with Crippen molar-refractivity contribution >= 4 is 39.1 Å². The fraction of sp³-hybridized carbons (Fsp3) is 0.391. The Kier molecular flexibility index (Phi) is 9.55. The van der Waals surface area contributed by atoms with Crippen LogP contribution in [0.4, 0.5) is 5.69 Å². The fourth-order valence-electron chi connectivity index (χ4n) is 3.35. The molecule has 0 aliphatic heterocycles. The smallest absolute Gasteiger partial charge is 0.242 e. The van der Waals surface area contributed by atoms with E-state index in [1.165, 1.54) is 16.3 Å². The van der Waals surface area contributed by atoms with E-state index in [2.05, 4.69) is 5.32 Å². The third kappa shape index (κ3) is 7.64. The Hall–Kier alpha value is -2.78. The van der Waals surface area contributed by atoms with Crippen molar-refractivity contribution in [1.82, 2.24) is 10.2 Å². The second-order valence-corrected chi connectivity index (χ2v) is 9.92. The number of hydrogen-bond donors (Lipinski definition) is 1. The van der Waals surface area contributed by atoms with Crippen LogP contribution in [0.2, 0.25) is 5.02 Å². The molecule has 1 unspecified atom stereocenters. The zero-order valence-corrected chi connectivity index (χ0v) is 20.8. The molecule has 0 bridgehead atoms. The van der Waals surface area contributed by atoms with Gasteiger partial charge in [-0.3, -0.25) is 13.9 Å². The van der Waals surface area contributed by atoms with E-state index >= 15 is 0 Å². The molecule has 180 valence electrons. The Bertz CT molecular complexity index is 1060. The van der Waals surface area contributed by atoms with Crippen molar-refractivity contribution in [2.24, 2.45) is 0 Å². The van der Waals surface area contributed by atoms with E-state index in [1.807, 2.05) is 12.1 Å². The zero-order chi connectivity index (χ0) is 24.6. The van der Waals surface area contributed by atoms with Gasteiger partial charge in [0, 0.05) is 31.6 Å². The van der Waals surface area contributed by atoms with Gasteiger partial charge in [0.2, 0.25) is 21.8 Å². The molecule has 8 nitrogen and oxygen atoms in total. The number of carbonyl (C=O) groups excluding carboxylic acids is 2. The maximum Gasteiger partial charge on any atom is 0.242 e. The molecule has 0 saturated carbocycles. The van der Waals surface area contributed by atoms with E-state index < -0.39 is 16.1 Å². The molecule has 0 heterocycles. The van der Waals surface area contributed by atoms with E-state index in [9.17, 15) is 18.0 Å². The van der Waals surface area contributed by atoms with E-state index in [4.69, 9.17) is 16.3 Å². The van der Waals surface area contributed by atoms with Crippen LogP contribution in [0.1, 0.15) is 25.3 Å². The van der Waals surface area contributed by atoms with Crippen LogP contribution in [-0.2, 0) is 26.2 Å². The molecule has 33 heavy (non-hydrogen) atoms. The zero-order valence-electron chi connectivity index (χ0n) is 19.2. The highest BCUT2D eigenvalue weighted by atomic mass is 35.5. The molecule has 2 rings (SSSR count). The predicted molar refractivity (Wildman–Crippen MR) is 130 cm³/mol.